The van der Waals surface area contributed by atoms with Gasteiger partial charge in [-0.05, 0) is 43.5 Å². The number of nitrogens with zero attached hydrogens (tertiary/aromatic N) is 1. The molecule has 5 nitrogen and oxygen atoms in total. The first-order valence-corrected chi connectivity index (χ1v) is 8.97. The first-order valence-electron chi connectivity index (χ1n) is 8.97. The van der Waals surface area contributed by atoms with Gasteiger partial charge in [0.2, 0.25) is 0 Å². The van der Waals surface area contributed by atoms with Gasteiger partial charge < -0.3 is 19.9 Å². The van der Waals surface area contributed by atoms with Gasteiger partial charge in [-0.3, -0.25) is 4.79 Å². The molecule has 1 amide bonds. The number of carbonyl (C=O) groups is 1. The zero-order chi connectivity index (χ0) is 16.5. The number of morpholine rings is 1. The number of benzene rings is 1. The maximum Gasteiger partial charge on any atom is 0.270 e. The third-order valence-corrected chi connectivity index (χ3v) is 5.12. The third kappa shape index (κ3) is 3.00. The van der Waals surface area contributed by atoms with E-state index in [1.807, 2.05) is 11.0 Å². The third-order valence-electron chi connectivity index (χ3n) is 5.12. The van der Waals surface area contributed by atoms with Crippen molar-refractivity contribution in [3.8, 4) is 0 Å². The van der Waals surface area contributed by atoms with E-state index in [4.69, 9.17) is 4.74 Å². The second-order valence-electron chi connectivity index (χ2n) is 6.99. The molecule has 0 unspecified atom stereocenters. The van der Waals surface area contributed by atoms with Crippen molar-refractivity contribution in [3.05, 3.63) is 29.5 Å². The number of ether oxygens (including phenoxy) is 1. The molecule has 2 N–H and O–H groups in total. The largest absolute Gasteiger partial charge is 0.381 e. The molecule has 2 heterocycles. The quantitative estimate of drug-likeness (QED) is 0.909. The SMILES string of the molecule is Cc1cc(NC2CCCC2)c2[nH]c(C(=O)N3CCOCC3)cc2c1. The van der Waals surface area contributed by atoms with Crippen LogP contribution in [-0.4, -0.2) is 48.1 Å². The zero-order valence-electron chi connectivity index (χ0n) is 14.2. The molecule has 0 atom stereocenters. The van der Waals surface area contributed by atoms with E-state index in [1.165, 1.54) is 31.2 Å². The molecule has 5 heteroatoms. The summed E-state index contributed by atoms with van der Waals surface area (Å²) in [6.45, 7) is 4.69. The first kappa shape index (κ1) is 15.5. The van der Waals surface area contributed by atoms with Crippen LogP contribution in [0, 0.1) is 6.92 Å². The van der Waals surface area contributed by atoms with E-state index in [0.717, 1.165) is 16.6 Å². The van der Waals surface area contributed by atoms with E-state index in [0.29, 0.717) is 38.0 Å². The van der Waals surface area contributed by atoms with Crippen LogP contribution in [0.2, 0.25) is 0 Å². The number of hydrogen-bond acceptors (Lipinski definition) is 3. The smallest absolute Gasteiger partial charge is 0.270 e. The molecule has 1 saturated heterocycles. The predicted molar refractivity (Wildman–Crippen MR) is 95.6 cm³/mol. The zero-order valence-corrected chi connectivity index (χ0v) is 14.2. The van der Waals surface area contributed by atoms with E-state index in [9.17, 15) is 4.79 Å². The molecule has 24 heavy (non-hydrogen) atoms. The fraction of sp³-hybridized carbons (Fsp3) is 0.526. The normalized spacial score (nSPS) is 19.1. The molecule has 0 radical (unpaired) electrons. The van der Waals surface area contributed by atoms with Crippen LogP contribution in [0.3, 0.4) is 0 Å². The number of nitrogens with one attached hydrogen (secondary N) is 2. The summed E-state index contributed by atoms with van der Waals surface area (Å²) in [5, 5.41) is 4.78. The van der Waals surface area contributed by atoms with Crippen LogP contribution in [0.1, 0.15) is 41.7 Å². The summed E-state index contributed by atoms with van der Waals surface area (Å²) in [4.78, 5) is 18.0. The average Bonchev–Trinajstić information content (AvgIpc) is 3.24. The first-order chi connectivity index (χ1) is 11.7. The topological polar surface area (TPSA) is 57.4 Å². The Morgan fingerprint density at radius 2 is 1.96 bits per heavy atom. The van der Waals surface area contributed by atoms with Gasteiger partial charge in [0.1, 0.15) is 5.69 Å². The average molecular weight is 327 g/mol. The lowest BCUT2D eigenvalue weighted by molar-refractivity contribution is 0.0299. The van der Waals surface area contributed by atoms with Crippen molar-refractivity contribution in [2.45, 2.75) is 38.6 Å². The number of amides is 1. The Kier molecular flexibility index (Phi) is 4.19. The van der Waals surface area contributed by atoms with Gasteiger partial charge >= 0.3 is 0 Å². The van der Waals surface area contributed by atoms with Crippen molar-refractivity contribution < 1.29 is 9.53 Å². The maximum atomic E-state index is 12.7. The van der Waals surface area contributed by atoms with Gasteiger partial charge in [-0.2, -0.15) is 0 Å². The number of anilines is 1. The summed E-state index contributed by atoms with van der Waals surface area (Å²) in [5.74, 6) is 0.0685. The van der Waals surface area contributed by atoms with Gasteiger partial charge in [0.05, 0.1) is 24.4 Å². The van der Waals surface area contributed by atoms with Gasteiger partial charge in [-0.1, -0.05) is 12.8 Å². The van der Waals surface area contributed by atoms with Crippen molar-refractivity contribution in [1.29, 1.82) is 0 Å². The van der Waals surface area contributed by atoms with Gasteiger partial charge in [0.25, 0.3) is 5.91 Å². The highest BCUT2D eigenvalue weighted by Crippen LogP contribution is 2.30. The summed E-state index contributed by atoms with van der Waals surface area (Å²) in [6.07, 6.45) is 5.07. The molecule has 2 aliphatic rings. The molecule has 0 spiro atoms. The van der Waals surface area contributed by atoms with E-state index in [-0.39, 0.29) is 5.91 Å². The second-order valence-corrected chi connectivity index (χ2v) is 6.99. The molecule has 1 aliphatic heterocycles. The lowest BCUT2D eigenvalue weighted by atomic mass is 10.1. The number of aryl methyl sites for hydroxylation is 1. The standard InChI is InChI=1S/C19H25N3O2/c1-13-10-14-12-17(19(23)22-6-8-24-9-7-22)21-18(14)16(11-13)20-15-4-2-3-5-15/h10-12,15,20-21H,2-9H2,1H3. The Bertz CT molecular complexity index is 740. The van der Waals surface area contributed by atoms with E-state index >= 15 is 0 Å². The van der Waals surface area contributed by atoms with Gasteiger partial charge in [0, 0.05) is 24.5 Å². The number of aromatic amines is 1. The monoisotopic (exact) mass is 327 g/mol. The van der Waals surface area contributed by atoms with Crippen molar-refractivity contribution in [1.82, 2.24) is 9.88 Å². The molecule has 4 rings (SSSR count). The number of aromatic nitrogens is 1. The maximum absolute atomic E-state index is 12.7. The minimum atomic E-state index is 0.0685. The lowest BCUT2D eigenvalue weighted by Gasteiger charge is -2.26. The number of rotatable bonds is 3. The van der Waals surface area contributed by atoms with Gasteiger partial charge in [0.15, 0.2) is 0 Å². The molecule has 1 aromatic carbocycles. The van der Waals surface area contributed by atoms with Crippen molar-refractivity contribution in [2.75, 3.05) is 31.6 Å². The van der Waals surface area contributed by atoms with Crippen LogP contribution < -0.4 is 5.32 Å². The van der Waals surface area contributed by atoms with Crippen LogP contribution in [-0.2, 0) is 4.74 Å². The Hall–Kier alpha value is -2.01. The van der Waals surface area contributed by atoms with Crippen LogP contribution in [0.25, 0.3) is 10.9 Å². The minimum absolute atomic E-state index is 0.0685. The highest BCUT2D eigenvalue weighted by Gasteiger charge is 2.22. The Balaban J connectivity index is 1.64. The summed E-state index contributed by atoms with van der Waals surface area (Å²) in [5.41, 5.74) is 4.06. The molecular weight excluding hydrogens is 302 g/mol. The number of fused-ring (bicyclic) bond motifs is 1. The van der Waals surface area contributed by atoms with Crippen LogP contribution in [0.4, 0.5) is 5.69 Å². The molecule has 2 fully saturated rings. The molecule has 1 aliphatic carbocycles. The highest BCUT2D eigenvalue weighted by molar-refractivity contribution is 6.01. The number of H-pyrrole nitrogens is 1. The van der Waals surface area contributed by atoms with Crippen molar-refractivity contribution >= 4 is 22.5 Å². The molecule has 1 aromatic heterocycles. The van der Waals surface area contributed by atoms with E-state index in [1.54, 1.807) is 0 Å². The fourth-order valence-electron chi connectivity index (χ4n) is 3.85. The minimum Gasteiger partial charge on any atom is -0.381 e. The predicted octanol–water partition coefficient (Wildman–Crippen LogP) is 3.30. The Morgan fingerprint density at radius 3 is 2.71 bits per heavy atom. The molecule has 128 valence electrons. The van der Waals surface area contributed by atoms with Crippen LogP contribution in [0.15, 0.2) is 18.2 Å². The summed E-state index contributed by atoms with van der Waals surface area (Å²) >= 11 is 0. The van der Waals surface area contributed by atoms with Crippen LogP contribution >= 0.6 is 0 Å². The van der Waals surface area contributed by atoms with Gasteiger partial charge in [-0.15, -0.1) is 0 Å². The molecule has 1 saturated carbocycles. The van der Waals surface area contributed by atoms with Crippen molar-refractivity contribution in [2.24, 2.45) is 0 Å². The Labute approximate surface area is 142 Å². The second kappa shape index (κ2) is 6.48. The molecular formula is C19H25N3O2. The molecule has 0 bridgehead atoms. The van der Waals surface area contributed by atoms with Crippen LogP contribution in [0.5, 0.6) is 0 Å². The van der Waals surface area contributed by atoms with Crippen molar-refractivity contribution in [3.63, 3.8) is 0 Å². The summed E-state index contributed by atoms with van der Waals surface area (Å²) < 4.78 is 5.34. The van der Waals surface area contributed by atoms with Gasteiger partial charge in [-0.25, -0.2) is 0 Å². The van der Waals surface area contributed by atoms with E-state index in [2.05, 4.69) is 29.4 Å². The van der Waals surface area contributed by atoms with E-state index < -0.39 is 0 Å². The number of hydrogen-bond donors (Lipinski definition) is 2. The Morgan fingerprint density at radius 1 is 1.21 bits per heavy atom. The lowest BCUT2D eigenvalue weighted by Crippen LogP contribution is -2.40. The summed E-state index contributed by atoms with van der Waals surface area (Å²) in [6, 6.07) is 6.86. The highest BCUT2D eigenvalue weighted by atomic mass is 16.5. The fourth-order valence-corrected chi connectivity index (χ4v) is 3.85. The summed E-state index contributed by atoms with van der Waals surface area (Å²) in [7, 11) is 0. The number of carbonyl (C=O) groups excluding carboxylic acids is 1. The molecule has 2 aromatic rings.